The molecule has 0 N–H and O–H groups in total. The fraction of sp³-hybridized carbons (Fsp3) is 0.679. The second-order valence-corrected chi connectivity index (χ2v) is 12.5. The lowest BCUT2D eigenvalue weighted by Gasteiger charge is -2.34. The van der Waals surface area contributed by atoms with Crippen LogP contribution in [0, 0.1) is 17.3 Å². The topological polar surface area (TPSA) is 70.2 Å². The number of rotatable bonds is 8. The fourth-order valence-electron chi connectivity index (χ4n) is 5.68. The number of likely N-dealkylation sites (tertiary alicyclic amines) is 2. The van der Waals surface area contributed by atoms with Crippen LogP contribution < -0.4 is 0 Å². The van der Waals surface area contributed by atoms with Crippen molar-refractivity contribution < 1.29 is 19.1 Å². The molecule has 1 unspecified atom stereocenters. The normalized spacial score (nSPS) is 25.3. The summed E-state index contributed by atoms with van der Waals surface area (Å²) in [7, 11) is 1.80. The maximum atomic E-state index is 13.6. The quantitative estimate of drug-likeness (QED) is 0.487. The Hall–Kier alpha value is -1.83. The molecule has 1 aromatic rings. The van der Waals surface area contributed by atoms with E-state index in [1.54, 1.807) is 18.0 Å². The van der Waals surface area contributed by atoms with Gasteiger partial charge in [-0.15, -0.1) is 0 Å². The van der Waals surface area contributed by atoms with Crippen LogP contribution in [0.5, 0.6) is 0 Å². The van der Waals surface area contributed by atoms with Gasteiger partial charge < -0.3 is 19.4 Å². The number of hydrogen-bond acceptors (Lipinski definition) is 4. The highest BCUT2D eigenvalue weighted by atomic mass is 35.5. The van der Waals surface area contributed by atoms with Crippen LogP contribution in [0.1, 0.15) is 56.9 Å². The molecule has 5 rings (SSSR count). The zero-order valence-corrected chi connectivity index (χ0v) is 23.3. The van der Waals surface area contributed by atoms with Crippen molar-refractivity contribution in [2.75, 3.05) is 46.4 Å². The van der Waals surface area contributed by atoms with Crippen molar-refractivity contribution >= 4 is 40.9 Å². The number of ether oxygens (including phenoxy) is 1. The second-order valence-electron chi connectivity index (χ2n) is 11.7. The predicted molar refractivity (Wildman–Crippen MR) is 143 cm³/mol. The lowest BCUT2D eigenvalue weighted by atomic mass is 9.93. The third kappa shape index (κ3) is 5.94. The average Bonchev–Trinajstić information content (AvgIpc) is 3.83. The van der Waals surface area contributed by atoms with Gasteiger partial charge in [-0.05, 0) is 62.1 Å². The van der Waals surface area contributed by atoms with Crippen molar-refractivity contribution in [2.45, 2.75) is 57.4 Å². The fourth-order valence-corrected chi connectivity index (χ4v) is 5.99. The van der Waals surface area contributed by atoms with Gasteiger partial charge >= 0.3 is 0 Å². The molecule has 202 valence electrons. The number of amides is 3. The van der Waals surface area contributed by atoms with Crippen LogP contribution in [0.15, 0.2) is 18.2 Å². The number of hydrogen-bond donors (Lipinski definition) is 0. The largest absolute Gasteiger partial charge is 0.371 e. The molecule has 4 fully saturated rings. The highest BCUT2D eigenvalue weighted by Gasteiger charge is 2.48. The lowest BCUT2D eigenvalue weighted by Crippen LogP contribution is -2.47. The molecule has 2 atom stereocenters. The molecular formula is C28H37Cl2N3O4. The lowest BCUT2D eigenvalue weighted by molar-refractivity contribution is -0.143. The molecule has 2 aliphatic heterocycles. The van der Waals surface area contributed by atoms with E-state index < -0.39 is 0 Å². The number of carbonyl (C=O) groups is 3. The van der Waals surface area contributed by atoms with Gasteiger partial charge in [-0.1, -0.05) is 36.2 Å². The van der Waals surface area contributed by atoms with Gasteiger partial charge in [0.15, 0.2) is 0 Å². The molecule has 7 nitrogen and oxygen atoms in total. The number of benzene rings is 1. The van der Waals surface area contributed by atoms with E-state index >= 15 is 0 Å². The molecule has 0 aromatic heterocycles. The molecule has 2 heterocycles. The van der Waals surface area contributed by atoms with Crippen LogP contribution in [-0.2, 0) is 19.1 Å². The summed E-state index contributed by atoms with van der Waals surface area (Å²) in [5.41, 5.74) is 0.789. The van der Waals surface area contributed by atoms with E-state index in [1.807, 2.05) is 28.9 Å². The van der Waals surface area contributed by atoms with Gasteiger partial charge in [-0.2, -0.15) is 0 Å². The van der Waals surface area contributed by atoms with E-state index in [9.17, 15) is 14.4 Å². The van der Waals surface area contributed by atoms with Crippen molar-refractivity contribution in [3.05, 3.63) is 33.8 Å². The van der Waals surface area contributed by atoms with Gasteiger partial charge in [-0.25, -0.2) is 0 Å². The first kappa shape index (κ1) is 26.8. The molecule has 4 aliphatic rings. The molecule has 2 aliphatic carbocycles. The Morgan fingerprint density at radius 3 is 2.35 bits per heavy atom. The zero-order valence-electron chi connectivity index (χ0n) is 21.8. The van der Waals surface area contributed by atoms with E-state index in [2.05, 4.69) is 0 Å². The first-order valence-corrected chi connectivity index (χ1v) is 14.3. The van der Waals surface area contributed by atoms with Gasteiger partial charge in [0.1, 0.15) is 6.61 Å². The summed E-state index contributed by atoms with van der Waals surface area (Å²) < 4.78 is 5.66. The number of carbonyl (C=O) groups excluding carboxylic acids is 3. The molecule has 0 radical (unpaired) electrons. The second kappa shape index (κ2) is 10.7. The van der Waals surface area contributed by atoms with Gasteiger partial charge in [0, 0.05) is 50.5 Å². The molecule has 1 aromatic carbocycles. The Morgan fingerprint density at radius 1 is 1.03 bits per heavy atom. The van der Waals surface area contributed by atoms with E-state index in [1.165, 1.54) is 12.8 Å². The Bertz CT molecular complexity index is 1050. The summed E-state index contributed by atoms with van der Waals surface area (Å²) >= 11 is 12.5. The third-order valence-corrected chi connectivity index (χ3v) is 9.53. The Balaban J connectivity index is 1.25. The van der Waals surface area contributed by atoms with Crippen LogP contribution in [0.3, 0.4) is 0 Å². The minimum absolute atomic E-state index is 0.0525. The zero-order chi connectivity index (χ0) is 26.3. The number of nitrogens with zero attached hydrogens (tertiary/aromatic N) is 3. The number of piperidine rings is 1. The Kier molecular flexibility index (Phi) is 7.77. The molecule has 2 saturated heterocycles. The standard InChI is InChI=1S/C28H37Cl2N3O4/c1-28(9-10-28)27(36)32-11-7-19(8-12-32)26(35)33-14-21(20-5-6-22(29)23(30)13-20)24(15-33)31(2)25(34)17-37-16-18-3-4-18/h5-6,13,18-19,21,24H,3-4,7-12,14-17H2,1-2H3/t21-,24?/m1/s1. The van der Waals surface area contributed by atoms with Crippen LogP contribution in [0.4, 0.5) is 0 Å². The summed E-state index contributed by atoms with van der Waals surface area (Å²) in [5.74, 6) is 0.687. The van der Waals surface area contributed by atoms with E-state index in [0.29, 0.717) is 61.6 Å². The third-order valence-electron chi connectivity index (χ3n) is 8.79. The summed E-state index contributed by atoms with van der Waals surface area (Å²) in [4.78, 5) is 44.9. The van der Waals surface area contributed by atoms with Crippen LogP contribution in [0.2, 0.25) is 10.0 Å². The molecule has 37 heavy (non-hydrogen) atoms. The molecule has 2 saturated carbocycles. The van der Waals surface area contributed by atoms with Crippen molar-refractivity contribution in [3.63, 3.8) is 0 Å². The van der Waals surface area contributed by atoms with E-state index in [0.717, 1.165) is 18.4 Å². The minimum Gasteiger partial charge on any atom is -0.371 e. The maximum absolute atomic E-state index is 13.6. The highest BCUT2D eigenvalue weighted by Crippen LogP contribution is 2.47. The Labute approximate surface area is 229 Å². The SMILES string of the molecule is CN(C(=O)COCC1CC1)C1CN(C(=O)C2CCN(C(=O)C3(C)CC3)CC2)C[C@@H]1c1ccc(Cl)c(Cl)c1. The maximum Gasteiger partial charge on any atom is 0.248 e. The smallest absolute Gasteiger partial charge is 0.248 e. The monoisotopic (exact) mass is 549 g/mol. The highest BCUT2D eigenvalue weighted by molar-refractivity contribution is 6.42. The first-order chi connectivity index (χ1) is 17.7. The first-order valence-electron chi connectivity index (χ1n) is 13.5. The van der Waals surface area contributed by atoms with Gasteiger partial charge in [-0.3, -0.25) is 14.4 Å². The van der Waals surface area contributed by atoms with Gasteiger partial charge in [0.05, 0.1) is 22.7 Å². The molecule has 3 amide bonds. The van der Waals surface area contributed by atoms with E-state index in [-0.39, 0.29) is 47.6 Å². The van der Waals surface area contributed by atoms with Crippen molar-refractivity contribution in [2.24, 2.45) is 17.3 Å². The number of likely N-dealkylation sites (N-methyl/N-ethyl adjacent to an activating group) is 1. The van der Waals surface area contributed by atoms with Crippen LogP contribution >= 0.6 is 23.2 Å². The minimum atomic E-state index is -0.185. The van der Waals surface area contributed by atoms with Crippen molar-refractivity contribution in [1.29, 1.82) is 0 Å². The molecule has 0 bridgehead atoms. The van der Waals surface area contributed by atoms with Gasteiger partial charge in [0.25, 0.3) is 0 Å². The van der Waals surface area contributed by atoms with Gasteiger partial charge in [0.2, 0.25) is 17.7 Å². The number of halogens is 2. The molecular weight excluding hydrogens is 513 g/mol. The van der Waals surface area contributed by atoms with Crippen molar-refractivity contribution in [1.82, 2.24) is 14.7 Å². The predicted octanol–water partition coefficient (Wildman–Crippen LogP) is 4.21. The summed E-state index contributed by atoms with van der Waals surface area (Å²) in [6.45, 7) is 4.96. The average molecular weight is 551 g/mol. The summed E-state index contributed by atoms with van der Waals surface area (Å²) in [6, 6.07) is 5.37. The van der Waals surface area contributed by atoms with E-state index in [4.69, 9.17) is 27.9 Å². The van der Waals surface area contributed by atoms with Crippen LogP contribution in [0.25, 0.3) is 0 Å². The van der Waals surface area contributed by atoms with Crippen LogP contribution in [-0.4, -0.2) is 84.9 Å². The summed E-state index contributed by atoms with van der Waals surface area (Å²) in [5, 5.41) is 0.943. The molecule has 0 spiro atoms. The Morgan fingerprint density at radius 2 is 1.73 bits per heavy atom. The molecule has 9 heteroatoms. The summed E-state index contributed by atoms with van der Waals surface area (Å²) in [6.07, 6.45) is 5.65. The van der Waals surface area contributed by atoms with Crippen molar-refractivity contribution in [3.8, 4) is 0 Å².